The van der Waals surface area contributed by atoms with Crippen LogP contribution in [0.3, 0.4) is 0 Å². The third-order valence-electron chi connectivity index (χ3n) is 3.77. The summed E-state index contributed by atoms with van der Waals surface area (Å²) >= 11 is 0. The summed E-state index contributed by atoms with van der Waals surface area (Å²) in [6.45, 7) is 1.50. The summed E-state index contributed by atoms with van der Waals surface area (Å²) in [4.78, 5) is 42.4. The van der Waals surface area contributed by atoms with E-state index >= 15 is 0 Å². The zero-order valence-electron chi connectivity index (χ0n) is 16.2. The van der Waals surface area contributed by atoms with Gasteiger partial charge in [0, 0.05) is 31.3 Å². The average molecular weight is 429 g/mol. The fourth-order valence-electron chi connectivity index (χ4n) is 2.20. The molecule has 0 heterocycles. The van der Waals surface area contributed by atoms with E-state index in [1.807, 2.05) is 0 Å². The molecule has 0 aromatic heterocycles. The molecule has 0 radical (unpaired) electrons. The van der Waals surface area contributed by atoms with E-state index in [1.165, 1.54) is 42.4 Å². The van der Waals surface area contributed by atoms with Gasteiger partial charge in [-0.2, -0.15) is 10.2 Å². The minimum Gasteiger partial charge on any atom is -0.269 e. The van der Waals surface area contributed by atoms with Gasteiger partial charge in [0.05, 0.1) is 44.0 Å². The third-order valence-corrected chi connectivity index (χ3v) is 3.77. The number of carbonyl (C=O) groups is 1. The number of non-ortho nitro benzene ring substituents is 3. The van der Waals surface area contributed by atoms with E-state index < -0.39 is 32.1 Å². The van der Waals surface area contributed by atoms with Crippen molar-refractivity contribution < 1.29 is 19.6 Å². The largest absolute Gasteiger partial charge is 0.277 e. The molecule has 0 aliphatic rings. The zero-order chi connectivity index (χ0) is 23.1. The first-order chi connectivity index (χ1) is 14.6. The highest BCUT2D eigenvalue weighted by Crippen LogP contribution is 2.22. The average Bonchev–Trinajstić information content (AvgIpc) is 2.75. The van der Waals surface area contributed by atoms with Crippen LogP contribution in [0.2, 0.25) is 0 Å². The van der Waals surface area contributed by atoms with Gasteiger partial charge < -0.3 is 0 Å². The van der Waals surface area contributed by atoms with Crippen LogP contribution in [0.1, 0.15) is 17.3 Å². The van der Waals surface area contributed by atoms with Crippen molar-refractivity contribution in [3.8, 4) is 0 Å². The number of hydrazone groups is 2. The van der Waals surface area contributed by atoms with Crippen molar-refractivity contribution in [1.82, 2.24) is 5.43 Å². The Labute approximate surface area is 173 Å². The fourth-order valence-corrected chi connectivity index (χ4v) is 2.20. The quantitative estimate of drug-likeness (QED) is 0.376. The summed E-state index contributed by atoms with van der Waals surface area (Å²) in [6, 6.07) is 8.17. The molecule has 14 nitrogen and oxygen atoms in total. The number of carbonyl (C=O) groups excluding carboxylic acids is 1. The SMILES string of the molecule is CC(/C=N/N(C)c1ccc([N+](=O)[O-])cc1)=N\NC(=O)c1cc([N+](=O)[O-])cc([N+](=O)[O-])c1. The molecular weight excluding hydrogens is 414 g/mol. The maximum absolute atomic E-state index is 12.2. The lowest BCUT2D eigenvalue weighted by atomic mass is 10.1. The molecule has 0 atom stereocenters. The van der Waals surface area contributed by atoms with Crippen molar-refractivity contribution in [2.75, 3.05) is 12.1 Å². The Morgan fingerprint density at radius 2 is 1.45 bits per heavy atom. The maximum Gasteiger partial charge on any atom is 0.277 e. The molecule has 0 unspecified atom stereocenters. The Kier molecular flexibility index (Phi) is 7.01. The van der Waals surface area contributed by atoms with Gasteiger partial charge in [0.15, 0.2) is 0 Å². The molecule has 1 N–H and O–H groups in total. The molecule has 2 aromatic carbocycles. The number of hydrogen-bond donors (Lipinski definition) is 1. The van der Waals surface area contributed by atoms with Crippen molar-refractivity contribution in [3.63, 3.8) is 0 Å². The van der Waals surface area contributed by atoms with Crippen LogP contribution in [0.5, 0.6) is 0 Å². The standard InChI is InChI=1S/C17H15N7O7/c1-11(10-18-21(2)13-3-5-14(6-4-13)22(26)27)19-20-17(25)12-7-15(23(28)29)9-16(8-12)24(30)31/h3-10H,1-2H3,(H,20,25)/b18-10+,19-11+. The predicted molar refractivity (Wildman–Crippen MR) is 110 cm³/mol. The predicted octanol–water partition coefficient (Wildman–Crippen LogP) is 2.64. The molecule has 2 aromatic rings. The lowest BCUT2D eigenvalue weighted by molar-refractivity contribution is -0.394. The number of amides is 1. The Morgan fingerprint density at radius 3 is 1.94 bits per heavy atom. The van der Waals surface area contributed by atoms with Crippen LogP contribution in [-0.2, 0) is 0 Å². The molecule has 0 bridgehead atoms. The van der Waals surface area contributed by atoms with Crippen molar-refractivity contribution in [2.45, 2.75) is 6.92 Å². The van der Waals surface area contributed by atoms with E-state index in [2.05, 4.69) is 15.6 Å². The van der Waals surface area contributed by atoms with E-state index in [1.54, 1.807) is 7.05 Å². The Bertz CT molecular complexity index is 1060. The van der Waals surface area contributed by atoms with Crippen molar-refractivity contribution in [1.29, 1.82) is 0 Å². The first-order valence-corrected chi connectivity index (χ1v) is 8.39. The van der Waals surface area contributed by atoms with Crippen LogP contribution in [0, 0.1) is 30.3 Å². The van der Waals surface area contributed by atoms with Gasteiger partial charge in [-0.25, -0.2) is 5.43 Å². The maximum atomic E-state index is 12.2. The van der Waals surface area contributed by atoms with Crippen LogP contribution in [-0.4, -0.2) is 39.7 Å². The van der Waals surface area contributed by atoms with Crippen LogP contribution >= 0.6 is 0 Å². The zero-order valence-corrected chi connectivity index (χ0v) is 16.2. The van der Waals surface area contributed by atoms with Crippen LogP contribution in [0.25, 0.3) is 0 Å². The summed E-state index contributed by atoms with van der Waals surface area (Å²) in [7, 11) is 1.59. The Balaban J connectivity index is 2.09. The molecular formula is C17H15N7O7. The summed E-state index contributed by atoms with van der Waals surface area (Å²) in [5, 5.41) is 41.7. The van der Waals surface area contributed by atoms with Gasteiger partial charge in [-0.15, -0.1) is 0 Å². The highest BCUT2D eigenvalue weighted by molar-refractivity contribution is 6.29. The van der Waals surface area contributed by atoms with Crippen molar-refractivity contribution >= 4 is 40.6 Å². The first-order valence-electron chi connectivity index (χ1n) is 8.39. The van der Waals surface area contributed by atoms with Crippen molar-refractivity contribution in [3.05, 3.63) is 78.4 Å². The normalized spacial score (nSPS) is 11.2. The Hall–Kier alpha value is -4.75. The van der Waals surface area contributed by atoms with Crippen LogP contribution in [0.15, 0.2) is 52.7 Å². The van der Waals surface area contributed by atoms with Gasteiger partial charge in [0.1, 0.15) is 0 Å². The van der Waals surface area contributed by atoms with E-state index in [0.717, 1.165) is 18.2 Å². The molecule has 14 heteroatoms. The third kappa shape index (κ3) is 6.11. The first kappa shape index (κ1) is 22.5. The molecule has 2 rings (SSSR count). The minimum atomic E-state index is -0.886. The fraction of sp³-hybridized carbons (Fsp3) is 0.118. The smallest absolute Gasteiger partial charge is 0.269 e. The molecule has 0 spiro atoms. The van der Waals surface area contributed by atoms with E-state index in [0.29, 0.717) is 5.69 Å². The van der Waals surface area contributed by atoms with Gasteiger partial charge in [-0.05, 0) is 19.1 Å². The summed E-state index contributed by atoms with van der Waals surface area (Å²) < 4.78 is 0. The molecule has 31 heavy (non-hydrogen) atoms. The highest BCUT2D eigenvalue weighted by atomic mass is 16.6. The molecule has 0 saturated heterocycles. The van der Waals surface area contributed by atoms with Crippen molar-refractivity contribution in [2.24, 2.45) is 10.2 Å². The second-order valence-electron chi connectivity index (χ2n) is 5.99. The lowest BCUT2D eigenvalue weighted by Gasteiger charge is -2.12. The summed E-state index contributed by atoms with van der Waals surface area (Å²) in [6.07, 6.45) is 1.29. The van der Waals surface area contributed by atoms with E-state index in [4.69, 9.17) is 0 Å². The molecule has 160 valence electrons. The number of hydrogen-bond acceptors (Lipinski definition) is 10. The molecule has 0 aliphatic heterocycles. The topological polar surface area (TPSA) is 186 Å². The van der Waals surface area contributed by atoms with Gasteiger partial charge in [-0.3, -0.25) is 40.1 Å². The lowest BCUT2D eigenvalue weighted by Crippen LogP contribution is -2.20. The van der Waals surface area contributed by atoms with Crippen LogP contribution < -0.4 is 10.4 Å². The number of nitro benzene ring substituents is 3. The molecule has 0 saturated carbocycles. The molecule has 1 amide bonds. The number of nitrogens with zero attached hydrogens (tertiary/aromatic N) is 6. The number of nitro groups is 3. The minimum absolute atomic E-state index is 0.0667. The number of nitrogens with one attached hydrogen (secondary N) is 1. The second-order valence-corrected chi connectivity index (χ2v) is 5.99. The van der Waals surface area contributed by atoms with Gasteiger partial charge in [0.2, 0.25) is 0 Å². The highest BCUT2D eigenvalue weighted by Gasteiger charge is 2.19. The molecule has 0 aliphatic carbocycles. The van der Waals surface area contributed by atoms with E-state index in [9.17, 15) is 35.1 Å². The van der Waals surface area contributed by atoms with Gasteiger partial charge in [-0.1, -0.05) is 0 Å². The number of rotatable bonds is 8. The van der Waals surface area contributed by atoms with Crippen LogP contribution in [0.4, 0.5) is 22.7 Å². The number of anilines is 1. The monoisotopic (exact) mass is 429 g/mol. The summed E-state index contributed by atoms with van der Waals surface area (Å²) in [5.41, 5.74) is 1.34. The molecule has 0 fully saturated rings. The summed E-state index contributed by atoms with van der Waals surface area (Å²) in [5.74, 6) is -0.886. The van der Waals surface area contributed by atoms with Gasteiger partial charge >= 0.3 is 0 Å². The van der Waals surface area contributed by atoms with Gasteiger partial charge in [0.25, 0.3) is 23.0 Å². The Morgan fingerprint density at radius 1 is 0.935 bits per heavy atom. The second kappa shape index (κ2) is 9.64. The van der Waals surface area contributed by atoms with E-state index in [-0.39, 0.29) is 17.0 Å². The number of benzene rings is 2.